The highest BCUT2D eigenvalue weighted by atomic mass is 35.5. The molecule has 0 unspecified atom stereocenters. The third kappa shape index (κ3) is 5.71. The van der Waals surface area contributed by atoms with Crippen LogP contribution in [0, 0.1) is 0 Å². The second-order valence-electron chi connectivity index (χ2n) is 9.05. The molecule has 6 nitrogen and oxygen atoms in total. The number of para-hydroxylation sites is 2. The van der Waals surface area contributed by atoms with Crippen LogP contribution < -0.4 is 4.74 Å². The van der Waals surface area contributed by atoms with Gasteiger partial charge < -0.3 is 14.4 Å². The highest BCUT2D eigenvalue weighted by molar-refractivity contribution is 6.33. The van der Waals surface area contributed by atoms with Crippen LogP contribution in [0.3, 0.4) is 0 Å². The van der Waals surface area contributed by atoms with Gasteiger partial charge in [0.1, 0.15) is 5.75 Å². The van der Waals surface area contributed by atoms with E-state index in [1.807, 2.05) is 82.4 Å². The maximum atomic E-state index is 13.8. The summed E-state index contributed by atoms with van der Waals surface area (Å²) in [6.45, 7) is 3.57. The lowest BCUT2D eigenvalue weighted by Crippen LogP contribution is -2.37. The van der Waals surface area contributed by atoms with Crippen molar-refractivity contribution in [2.45, 2.75) is 38.8 Å². The Balaban J connectivity index is 1.58. The molecule has 5 rings (SSSR count). The van der Waals surface area contributed by atoms with Crippen LogP contribution >= 0.6 is 11.6 Å². The Morgan fingerprint density at radius 2 is 1.76 bits per heavy atom. The number of hydrogen-bond acceptors (Lipinski definition) is 4. The summed E-state index contributed by atoms with van der Waals surface area (Å²) in [5.41, 5.74) is 3.10. The molecule has 1 atom stereocenters. The van der Waals surface area contributed by atoms with Gasteiger partial charge in [-0.2, -0.15) is 5.10 Å². The standard InChI is InChI=1S/C30H30ClN3O3/c1-2-28-26(21-33(20-24-16-11-19-36-24)29(35)25-17-9-10-18-27(25)31)30(37-23-14-7-4-8-15-23)34(32-28)22-12-5-3-6-13-22/h3-10,12-15,17-18,24H,2,11,16,19-21H2,1H3/t24-/m0/s1. The zero-order valence-corrected chi connectivity index (χ0v) is 21.6. The van der Waals surface area contributed by atoms with Crippen LogP contribution in [0.2, 0.25) is 5.02 Å². The monoisotopic (exact) mass is 515 g/mol. The molecular weight excluding hydrogens is 486 g/mol. The van der Waals surface area contributed by atoms with E-state index >= 15 is 0 Å². The lowest BCUT2D eigenvalue weighted by Gasteiger charge is -2.26. The van der Waals surface area contributed by atoms with Gasteiger partial charge in [0.25, 0.3) is 5.91 Å². The third-order valence-corrected chi connectivity index (χ3v) is 6.83. The van der Waals surface area contributed by atoms with Gasteiger partial charge >= 0.3 is 0 Å². The maximum Gasteiger partial charge on any atom is 0.255 e. The van der Waals surface area contributed by atoms with E-state index in [0.717, 1.165) is 29.8 Å². The van der Waals surface area contributed by atoms with E-state index in [1.165, 1.54) is 0 Å². The van der Waals surface area contributed by atoms with Crippen molar-refractivity contribution in [1.29, 1.82) is 0 Å². The summed E-state index contributed by atoms with van der Waals surface area (Å²) < 4.78 is 14.2. The zero-order valence-electron chi connectivity index (χ0n) is 20.8. The summed E-state index contributed by atoms with van der Waals surface area (Å²) in [6, 6.07) is 26.7. The maximum absolute atomic E-state index is 13.8. The molecule has 1 aliphatic rings. The average Bonchev–Trinajstić information content (AvgIpc) is 3.57. The number of hydrogen-bond donors (Lipinski definition) is 0. The van der Waals surface area contributed by atoms with Crippen LogP contribution in [0.25, 0.3) is 5.69 Å². The summed E-state index contributed by atoms with van der Waals surface area (Å²) >= 11 is 6.44. The summed E-state index contributed by atoms with van der Waals surface area (Å²) in [6.07, 6.45) is 2.59. The van der Waals surface area contributed by atoms with Gasteiger partial charge in [0.05, 0.1) is 40.2 Å². The van der Waals surface area contributed by atoms with Crippen LogP contribution in [0.4, 0.5) is 0 Å². The normalized spacial score (nSPS) is 15.0. The molecule has 190 valence electrons. The number of aryl methyl sites for hydroxylation is 1. The van der Waals surface area contributed by atoms with Crippen molar-refractivity contribution in [2.75, 3.05) is 13.2 Å². The minimum atomic E-state index is -0.138. The van der Waals surface area contributed by atoms with E-state index in [0.29, 0.717) is 48.3 Å². The van der Waals surface area contributed by atoms with E-state index in [2.05, 4.69) is 6.92 Å². The number of carbonyl (C=O) groups excluding carboxylic acids is 1. The van der Waals surface area contributed by atoms with Crippen LogP contribution in [0.5, 0.6) is 11.6 Å². The van der Waals surface area contributed by atoms with Gasteiger partial charge in [0, 0.05) is 13.2 Å². The van der Waals surface area contributed by atoms with Crippen molar-refractivity contribution in [1.82, 2.24) is 14.7 Å². The minimum Gasteiger partial charge on any atom is -0.439 e. The fourth-order valence-corrected chi connectivity index (χ4v) is 4.84. The highest BCUT2D eigenvalue weighted by Gasteiger charge is 2.29. The van der Waals surface area contributed by atoms with Crippen molar-refractivity contribution >= 4 is 17.5 Å². The van der Waals surface area contributed by atoms with Crippen LogP contribution in [-0.2, 0) is 17.7 Å². The molecule has 7 heteroatoms. The van der Waals surface area contributed by atoms with Crippen molar-refractivity contribution in [3.8, 4) is 17.3 Å². The average molecular weight is 516 g/mol. The zero-order chi connectivity index (χ0) is 25.6. The van der Waals surface area contributed by atoms with Crippen molar-refractivity contribution in [2.24, 2.45) is 0 Å². The first kappa shape index (κ1) is 25.1. The summed E-state index contributed by atoms with van der Waals surface area (Å²) in [4.78, 5) is 15.6. The predicted octanol–water partition coefficient (Wildman–Crippen LogP) is 6.70. The van der Waals surface area contributed by atoms with Gasteiger partial charge in [0.2, 0.25) is 5.88 Å². The first-order chi connectivity index (χ1) is 18.1. The van der Waals surface area contributed by atoms with Gasteiger partial charge in [-0.3, -0.25) is 4.79 Å². The predicted molar refractivity (Wildman–Crippen MR) is 145 cm³/mol. The van der Waals surface area contributed by atoms with Crippen molar-refractivity contribution in [3.05, 3.63) is 107 Å². The molecule has 0 aliphatic carbocycles. The molecule has 0 radical (unpaired) electrons. The number of carbonyl (C=O) groups is 1. The molecule has 0 spiro atoms. The largest absolute Gasteiger partial charge is 0.439 e. The molecule has 1 fully saturated rings. The summed E-state index contributed by atoms with van der Waals surface area (Å²) in [5.74, 6) is 1.16. The number of ether oxygens (including phenoxy) is 2. The molecule has 1 saturated heterocycles. The van der Waals surface area contributed by atoms with E-state index < -0.39 is 0 Å². The number of aromatic nitrogens is 2. The SMILES string of the molecule is CCc1nn(-c2ccccc2)c(Oc2ccccc2)c1CN(C[C@@H]1CCCO1)C(=O)c1ccccc1Cl. The Hall–Kier alpha value is -3.61. The first-order valence-electron chi connectivity index (χ1n) is 12.7. The molecular formula is C30H30ClN3O3. The molecule has 1 aromatic heterocycles. The molecule has 0 saturated carbocycles. The Kier molecular flexibility index (Phi) is 7.87. The second kappa shape index (κ2) is 11.6. The quantitative estimate of drug-likeness (QED) is 0.249. The number of halogens is 1. The highest BCUT2D eigenvalue weighted by Crippen LogP contribution is 2.33. The fourth-order valence-electron chi connectivity index (χ4n) is 4.62. The number of benzene rings is 3. The van der Waals surface area contributed by atoms with E-state index in [4.69, 9.17) is 26.2 Å². The molecule has 2 heterocycles. The van der Waals surface area contributed by atoms with Crippen molar-refractivity contribution < 1.29 is 14.3 Å². The molecule has 1 amide bonds. The van der Waals surface area contributed by atoms with Gasteiger partial charge in [-0.1, -0.05) is 67.1 Å². The van der Waals surface area contributed by atoms with Crippen LogP contribution in [0.1, 0.15) is 41.4 Å². The van der Waals surface area contributed by atoms with Gasteiger partial charge in [0.15, 0.2) is 0 Å². The lowest BCUT2D eigenvalue weighted by molar-refractivity contribution is 0.0505. The van der Waals surface area contributed by atoms with Crippen molar-refractivity contribution in [3.63, 3.8) is 0 Å². The van der Waals surface area contributed by atoms with Crippen LogP contribution in [-0.4, -0.2) is 39.8 Å². The van der Waals surface area contributed by atoms with Gasteiger partial charge in [-0.05, 0) is 55.7 Å². The van der Waals surface area contributed by atoms with E-state index in [9.17, 15) is 4.79 Å². The minimum absolute atomic E-state index is 0.0147. The Morgan fingerprint density at radius 1 is 1.05 bits per heavy atom. The van der Waals surface area contributed by atoms with Gasteiger partial charge in [-0.25, -0.2) is 4.68 Å². The molecule has 3 aromatic carbocycles. The summed E-state index contributed by atoms with van der Waals surface area (Å²) in [7, 11) is 0. The molecule has 0 bridgehead atoms. The van der Waals surface area contributed by atoms with E-state index in [1.54, 1.807) is 12.1 Å². The lowest BCUT2D eigenvalue weighted by atomic mass is 10.1. The molecule has 4 aromatic rings. The number of rotatable bonds is 9. The first-order valence-corrected chi connectivity index (χ1v) is 13.1. The Morgan fingerprint density at radius 3 is 2.43 bits per heavy atom. The summed E-state index contributed by atoms with van der Waals surface area (Å²) in [5, 5.41) is 5.36. The van der Waals surface area contributed by atoms with Crippen LogP contribution in [0.15, 0.2) is 84.9 Å². The molecule has 1 aliphatic heterocycles. The molecule has 0 N–H and O–H groups in total. The van der Waals surface area contributed by atoms with E-state index in [-0.39, 0.29) is 12.0 Å². The third-order valence-electron chi connectivity index (χ3n) is 6.50. The smallest absolute Gasteiger partial charge is 0.255 e. The number of nitrogens with zero attached hydrogens (tertiary/aromatic N) is 3. The molecule has 37 heavy (non-hydrogen) atoms. The Labute approximate surface area is 222 Å². The topological polar surface area (TPSA) is 56.6 Å². The second-order valence-corrected chi connectivity index (χ2v) is 9.45. The van der Waals surface area contributed by atoms with Gasteiger partial charge in [-0.15, -0.1) is 0 Å². The fraction of sp³-hybridized carbons (Fsp3) is 0.267. The Bertz CT molecular complexity index is 1330. The number of amides is 1.